The van der Waals surface area contributed by atoms with Gasteiger partial charge in [-0.15, -0.1) is 0 Å². The first-order valence-corrected chi connectivity index (χ1v) is 8.35. The van der Waals surface area contributed by atoms with E-state index < -0.39 is 29.7 Å². The molecule has 130 valence electrons. The highest BCUT2D eigenvalue weighted by Crippen LogP contribution is 2.44. The minimum absolute atomic E-state index is 0.0647. The Morgan fingerprint density at radius 3 is 2.00 bits per heavy atom. The zero-order valence-electron chi connectivity index (χ0n) is 15.0. The lowest BCUT2D eigenvalue weighted by Gasteiger charge is -2.34. The normalized spacial score (nSPS) is 27.2. The summed E-state index contributed by atoms with van der Waals surface area (Å²) in [5.41, 5.74) is -1.50. The van der Waals surface area contributed by atoms with Gasteiger partial charge in [0.15, 0.2) is 0 Å². The van der Waals surface area contributed by atoms with Crippen LogP contribution in [0.15, 0.2) is 11.3 Å². The Bertz CT molecular complexity index is 499. The smallest absolute Gasteiger partial charge is 0.481 e. The van der Waals surface area contributed by atoms with Gasteiger partial charge in [0.1, 0.15) is 5.73 Å². The maximum atomic E-state index is 14.8. The summed E-state index contributed by atoms with van der Waals surface area (Å²) in [5, 5.41) is 9.33. The number of rotatable bonds is 3. The number of hydrogen-bond acceptors (Lipinski definition) is 3. The molecule has 1 aliphatic heterocycles. The molecule has 2 aliphatic rings. The first-order chi connectivity index (χ1) is 10.4. The van der Waals surface area contributed by atoms with E-state index in [-0.39, 0.29) is 11.6 Å². The molecule has 6 heteroatoms. The first kappa shape index (κ1) is 18.5. The van der Waals surface area contributed by atoms with Crippen LogP contribution >= 0.6 is 0 Å². The van der Waals surface area contributed by atoms with Crippen molar-refractivity contribution in [3.63, 3.8) is 0 Å². The molecule has 1 saturated carbocycles. The molecular formula is C17H28BFO4. The number of carboxylic acid groups (broad SMARTS) is 1. The van der Waals surface area contributed by atoms with Crippen molar-refractivity contribution in [2.24, 2.45) is 11.3 Å². The van der Waals surface area contributed by atoms with E-state index in [1.165, 1.54) is 0 Å². The third-order valence-corrected chi connectivity index (χ3v) is 5.96. The maximum absolute atomic E-state index is 14.8. The summed E-state index contributed by atoms with van der Waals surface area (Å²) in [7, 11) is -0.945. The lowest BCUT2D eigenvalue weighted by Crippen LogP contribution is -2.41. The molecule has 0 spiro atoms. The monoisotopic (exact) mass is 326 g/mol. The van der Waals surface area contributed by atoms with Crippen LogP contribution in [0.25, 0.3) is 0 Å². The molecule has 0 amide bonds. The van der Waals surface area contributed by atoms with Gasteiger partial charge in [0.25, 0.3) is 0 Å². The van der Waals surface area contributed by atoms with Gasteiger partial charge in [-0.3, -0.25) is 4.79 Å². The summed E-state index contributed by atoms with van der Waals surface area (Å²) in [6.07, 6.45) is 2.50. The van der Waals surface area contributed by atoms with Gasteiger partial charge in [-0.2, -0.15) is 0 Å². The zero-order chi connectivity index (χ0) is 17.6. The van der Waals surface area contributed by atoms with E-state index in [0.717, 1.165) is 0 Å². The van der Waals surface area contributed by atoms with Gasteiger partial charge in [0.05, 0.1) is 16.6 Å². The zero-order valence-corrected chi connectivity index (χ0v) is 15.0. The highest BCUT2D eigenvalue weighted by Gasteiger charge is 2.53. The maximum Gasteiger partial charge on any atom is 0.525 e. The molecular weight excluding hydrogens is 298 g/mol. The largest absolute Gasteiger partial charge is 0.525 e. The number of carboxylic acids is 1. The number of aliphatic carboxylic acids is 1. The summed E-state index contributed by atoms with van der Waals surface area (Å²) in [6.45, 7) is 11.1. The first-order valence-electron chi connectivity index (χ1n) is 8.35. The molecule has 0 atom stereocenters. The van der Waals surface area contributed by atoms with Crippen LogP contribution in [0, 0.1) is 11.3 Å². The van der Waals surface area contributed by atoms with Crippen LogP contribution in [0.5, 0.6) is 0 Å². The molecule has 1 aliphatic carbocycles. The van der Waals surface area contributed by atoms with Crippen molar-refractivity contribution in [2.45, 2.75) is 78.4 Å². The lowest BCUT2D eigenvalue weighted by atomic mass is 9.68. The van der Waals surface area contributed by atoms with E-state index in [1.807, 2.05) is 27.7 Å². The molecule has 23 heavy (non-hydrogen) atoms. The highest BCUT2D eigenvalue weighted by atomic mass is 19.1. The highest BCUT2D eigenvalue weighted by molar-refractivity contribution is 6.53. The standard InChI is InChI=1S/C17H28BFO4/c1-15(2,14(20)21)12-9-7-11(8-10-12)13(19)18-22-16(3,4)17(5,6)23-18/h12H,7-10H2,1-6H3,(H,20,21). The fraction of sp³-hybridized carbons (Fsp3) is 0.824. The van der Waals surface area contributed by atoms with Gasteiger partial charge in [-0.05, 0) is 78.7 Å². The molecule has 0 aromatic heterocycles. The van der Waals surface area contributed by atoms with Gasteiger partial charge >= 0.3 is 13.1 Å². The van der Waals surface area contributed by atoms with Gasteiger partial charge in [-0.25, -0.2) is 4.39 Å². The van der Waals surface area contributed by atoms with E-state index in [4.69, 9.17) is 9.31 Å². The third kappa shape index (κ3) is 3.34. The number of allylic oxidation sites excluding steroid dienone is 1. The average Bonchev–Trinajstić information content (AvgIpc) is 2.66. The van der Waals surface area contributed by atoms with Crippen LogP contribution in [0.4, 0.5) is 4.39 Å². The van der Waals surface area contributed by atoms with Crippen LogP contribution in [0.3, 0.4) is 0 Å². The van der Waals surface area contributed by atoms with Crippen molar-refractivity contribution < 1.29 is 23.6 Å². The predicted molar refractivity (Wildman–Crippen MR) is 87.6 cm³/mol. The van der Waals surface area contributed by atoms with Crippen molar-refractivity contribution in [3.05, 3.63) is 11.3 Å². The number of halogens is 1. The molecule has 0 aromatic carbocycles. The summed E-state index contributed by atoms with van der Waals surface area (Å²) in [6, 6.07) is 0. The topological polar surface area (TPSA) is 55.8 Å². The second-order valence-electron chi connectivity index (χ2n) is 8.34. The number of carbonyl (C=O) groups is 1. The van der Waals surface area contributed by atoms with Crippen LogP contribution in [-0.2, 0) is 14.1 Å². The van der Waals surface area contributed by atoms with E-state index in [1.54, 1.807) is 13.8 Å². The van der Waals surface area contributed by atoms with Gasteiger partial charge < -0.3 is 14.4 Å². The Kier molecular flexibility index (Phi) is 4.73. The van der Waals surface area contributed by atoms with Crippen LogP contribution < -0.4 is 0 Å². The Balaban J connectivity index is 2.07. The predicted octanol–water partition coefficient (Wildman–Crippen LogP) is 4.14. The second kappa shape index (κ2) is 5.89. The summed E-state index contributed by atoms with van der Waals surface area (Å²) >= 11 is 0. The Labute approximate surface area is 138 Å². The molecule has 0 unspecified atom stereocenters. The Hall–Kier alpha value is -0.875. The Morgan fingerprint density at radius 1 is 1.17 bits per heavy atom. The van der Waals surface area contributed by atoms with E-state index in [9.17, 15) is 14.3 Å². The van der Waals surface area contributed by atoms with Crippen molar-refractivity contribution in [1.82, 2.24) is 0 Å². The van der Waals surface area contributed by atoms with Crippen molar-refractivity contribution in [2.75, 3.05) is 0 Å². The lowest BCUT2D eigenvalue weighted by molar-refractivity contribution is -0.150. The average molecular weight is 326 g/mol. The summed E-state index contributed by atoms with van der Waals surface area (Å²) in [5.74, 6) is -0.726. The molecule has 1 heterocycles. The molecule has 0 aromatic rings. The molecule has 2 fully saturated rings. The third-order valence-electron chi connectivity index (χ3n) is 5.96. The van der Waals surface area contributed by atoms with Crippen LogP contribution in [0.2, 0.25) is 0 Å². The number of hydrogen-bond donors (Lipinski definition) is 1. The van der Waals surface area contributed by atoms with Crippen molar-refractivity contribution in [3.8, 4) is 0 Å². The SMILES string of the molecule is CC(C)(C(=O)O)C1CCC(=C(F)B2OC(C)(C)C(C)(C)O2)CC1. The minimum atomic E-state index is -0.945. The molecule has 4 nitrogen and oxygen atoms in total. The van der Waals surface area contributed by atoms with Gasteiger partial charge in [0, 0.05) is 0 Å². The second-order valence-corrected chi connectivity index (χ2v) is 8.34. The molecule has 1 saturated heterocycles. The molecule has 0 radical (unpaired) electrons. The van der Waals surface area contributed by atoms with Crippen LogP contribution in [0.1, 0.15) is 67.2 Å². The van der Waals surface area contributed by atoms with Gasteiger partial charge in [-0.1, -0.05) is 0 Å². The van der Waals surface area contributed by atoms with Crippen LogP contribution in [-0.4, -0.2) is 29.4 Å². The quantitative estimate of drug-likeness (QED) is 0.792. The Morgan fingerprint density at radius 2 is 1.61 bits per heavy atom. The molecule has 0 bridgehead atoms. The van der Waals surface area contributed by atoms with E-state index in [2.05, 4.69) is 0 Å². The fourth-order valence-corrected chi connectivity index (χ4v) is 3.21. The van der Waals surface area contributed by atoms with Crippen molar-refractivity contribution in [1.29, 1.82) is 0 Å². The summed E-state index contributed by atoms with van der Waals surface area (Å²) in [4.78, 5) is 11.4. The van der Waals surface area contributed by atoms with E-state index >= 15 is 0 Å². The fourth-order valence-electron chi connectivity index (χ4n) is 3.21. The van der Waals surface area contributed by atoms with E-state index in [0.29, 0.717) is 31.3 Å². The van der Waals surface area contributed by atoms with Gasteiger partial charge in [0.2, 0.25) is 0 Å². The van der Waals surface area contributed by atoms with Crippen molar-refractivity contribution >= 4 is 13.1 Å². The minimum Gasteiger partial charge on any atom is -0.481 e. The molecule has 2 rings (SSSR count). The molecule has 1 N–H and O–H groups in total. The summed E-state index contributed by atoms with van der Waals surface area (Å²) < 4.78 is 26.3.